The largest absolute Gasteiger partial charge is 0.311 e. The average molecular weight is 234 g/mol. The highest BCUT2D eigenvalue weighted by Gasteiger charge is 2.05. The first-order valence-corrected chi connectivity index (χ1v) is 5.78. The predicted octanol–water partition coefficient (Wildman–Crippen LogP) is 0.478. The number of hydrogen-bond acceptors (Lipinski definition) is 4. The molecule has 0 aliphatic carbocycles. The first-order chi connectivity index (χ1) is 8.19. The van der Waals surface area contributed by atoms with Crippen LogP contribution in [0.3, 0.4) is 0 Å². The van der Waals surface area contributed by atoms with Gasteiger partial charge in [-0.25, -0.2) is 4.68 Å². The highest BCUT2D eigenvalue weighted by Crippen LogP contribution is 2.04. The van der Waals surface area contributed by atoms with Crippen LogP contribution in [-0.4, -0.2) is 31.3 Å². The van der Waals surface area contributed by atoms with Crippen molar-refractivity contribution in [2.24, 2.45) is 7.05 Å². The van der Waals surface area contributed by atoms with Crippen molar-refractivity contribution in [3.05, 3.63) is 29.3 Å². The minimum atomic E-state index is 0.705. The smallest absolute Gasteiger partial charge is 0.0964 e. The maximum atomic E-state index is 4.31. The minimum Gasteiger partial charge on any atom is -0.311 e. The lowest BCUT2D eigenvalue weighted by Crippen LogP contribution is -2.11. The average Bonchev–Trinajstić information content (AvgIpc) is 2.84. The Morgan fingerprint density at radius 3 is 2.88 bits per heavy atom. The Kier molecular flexibility index (Phi) is 3.53. The molecule has 0 atom stereocenters. The first-order valence-electron chi connectivity index (χ1n) is 5.78. The molecule has 17 heavy (non-hydrogen) atoms. The van der Waals surface area contributed by atoms with E-state index in [-0.39, 0.29) is 0 Å². The summed E-state index contributed by atoms with van der Waals surface area (Å²) in [7, 11) is 1.94. The molecule has 0 aromatic carbocycles. The summed E-state index contributed by atoms with van der Waals surface area (Å²) < 4.78 is 3.71. The number of hydrogen-bond donors (Lipinski definition) is 1. The Labute approximate surface area is 101 Å². The van der Waals surface area contributed by atoms with E-state index in [0.717, 1.165) is 30.2 Å². The number of rotatable bonds is 5. The molecular formula is C11H18N6. The molecule has 2 aromatic rings. The van der Waals surface area contributed by atoms with Gasteiger partial charge in [0, 0.05) is 13.6 Å². The third-order valence-electron chi connectivity index (χ3n) is 2.57. The molecule has 1 N–H and O–H groups in total. The molecule has 0 unspecified atom stereocenters. The van der Waals surface area contributed by atoms with Crippen LogP contribution in [0, 0.1) is 6.92 Å². The summed E-state index contributed by atoms with van der Waals surface area (Å²) in [6.45, 7) is 6.47. The summed E-state index contributed by atoms with van der Waals surface area (Å²) in [5.74, 6) is 0. The van der Waals surface area contributed by atoms with Crippen molar-refractivity contribution in [2.45, 2.75) is 26.9 Å². The number of aromatic nitrogens is 5. The van der Waals surface area contributed by atoms with Crippen LogP contribution < -0.4 is 5.32 Å². The summed E-state index contributed by atoms with van der Waals surface area (Å²) in [6, 6.07) is 2.06. The molecule has 6 heteroatoms. The molecule has 0 aliphatic heterocycles. The molecule has 0 saturated carbocycles. The third-order valence-corrected chi connectivity index (χ3v) is 2.57. The van der Waals surface area contributed by atoms with E-state index in [1.165, 1.54) is 0 Å². The van der Waals surface area contributed by atoms with E-state index < -0.39 is 0 Å². The van der Waals surface area contributed by atoms with Crippen LogP contribution in [0.15, 0.2) is 12.3 Å². The molecule has 0 aliphatic rings. The second kappa shape index (κ2) is 5.09. The fraction of sp³-hybridized carbons (Fsp3) is 0.545. The van der Waals surface area contributed by atoms with Gasteiger partial charge in [0.1, 0.15) is 0 Å². The van der Waals surface area contributed by atoms with Gasteiger partial charge < -0.3 is 5.32 Å². The molecule has 92 valence electrons. The lowest BCUT2D eigenvalue weighted by atomic mass is 10.3. The van der Waals surface area contributed by atoms with E-state index in [2.05, 4.69) is 33.7 Å². The van der Waals surface area contributed by atoms with Gasteiger partial charge in [0.05, 0.1) is 29.8 Å². The lowest BCUT2D eigenvalue weighted by molar-refractivity contribution is 0.599. The first kappa shape index (κ1) is 11.8. The van der Waals surface area contributed by atoms with Crippen LogP contribution in [-0.2, 0) is 20.1 Å². The highest BCUT2D eigenvalue weighted by atomic mass is 15.4. The van der Waals surface area contributed by atoms with Crippen molar-refractivity contribution in [1.82, 2.24) is 30.1 Å². The Bertz CT molecular complexity index is 484. The summed E-state index contributed by atoms with van der Waals surface area (Å²) >= 11 is 0. The van der Waals surface area contributed by atoms with Crippen LogP contribution in [0.5, 0.6) is 0 Å². The van der Waals surface area contributed by atoms with Crippen LogP contribution in [0.2, 0.25) is 0 Å². The fourth-order valence-electron chi connectivity index (χ4n) is 1.73. The quantitative estimate of drug-likeness (QED) is 0.817. The Morgan fingerprint density at radius 1 is 1.41 bits per heavy atom. The monoisotopic (exact) mass is 234 g/mol. The zero-order chi connectivity index (χ0) is 12.3. The minimum absolute atomic E-state index is 0.705. The Hall–Kier alpha value is -1.69. The maximum absolute atomic E-state index is 4.31. The Morgan fingerprint density at radius 2 is 2.24 bits per heavy atom. The molecule has 0 amide bonds. The van der Waals surface area contributed by atoms with Gasteiger partial charge in [-0.3, -0.25) is 4.68 Å². The molecule has 6 nitrogen and oxygen atoms in total. The van der Waals surface area contributed by atoms with E-state index in [1.54, 1.807) is 0 Å². The molecule has 2 rings (SSSR count). The molecule has 0 saturated heterocycles. The normalized spacial score (nSPS) is 11.0. The standard InChI is InChI=1S/C11H18N6/c1-4-12-6-10-7-17(15-13-10)8-11-5-9(2)14-16(11)3/h5,7,12H,4,6,8H2,1-3H3. The molecule has 0 bridgehead atoms. The van der Waals surface area contributed by atoms with Crippen molar-refractivity contribution < 1.29 is 0 Å². The third kappa shape index (κ3) is 2.91. The van der Waals surface area contributed by atoms with E-state index in [0.29, 0.717) is 6.54 Å². The van der Waals surface area contributed by atoms with Crippen LogP contribution in [0.25, 0.3) is 0 Å². The van der Waals surface area contributed by atoms with Crippen molar-refractivity contribution in [3.8, 4) is 0 Å². The predicted molar refractivity (Wildman–Crippen MR) is 64.4 cm³/mol. The van der Waals surface area contributed by atoms with Crippen LogP contribution in [0.4, 0.5) is 0 Å². The van der Waals surface area contributed by atoms with Gasteiger partial charge in [0.2, 0.25) is 0 Å². The zero-order valence-electron chi connectivity index (χ0n) is 10.5. The van der Waals surface area contributed by atoms with Crippen LogP contribution in [0.1, 0.15) is 24.0 Å². The van der Waals surface area contributed by atoms with Crippen molar-refractivity contribution in [2.75, 3.05) is 6.54 Å². The van der Waals surface area contributed by atoms with Gasteiger partial charge in [0.15, 0.2) is 0 Å². The summed E-state index contributed by atoms with van der Waals surface area (Å²) in [4.78, 5) is 0. The van der Waals surface area contributed by atoms with Crippen LogP contribution >= 0.6 is 0 Å². The summed E-state index contributed by atoms with van der Waals surface area (Å²) in [5, 5.41) is 15.7. The van der Waals surface area contributed by atoms with Gasteiger partial charge in [-0.2, -0.15) is 5.10 Å². The van der Waals surface area contributed by atoms with Crippen molar-refractivity contribution >= 4 is 0 Å². The number of nitrogens with zero attached hydrogens (tertiary/aromatic N) is 5. The Balaban J connectivity index is 2.03. The second-order valence-corrected chi connectivity index (χ2v) is 4.09. The van der Waals surface area contributed by atoms with Crippen molar-refractivity contribution in [1.29, 1.82) is 0 Å². The second-order valence-electron chi connectivity index (χ2n) is 4.09. The molecule has 2 heterocycles. The molecule has 0 radical (unpaired) electrons. The highest BCUT2D eigenvalue weighted by molar-refractivity contribution is 5.09. The van der Waals surface area contributed by atoms with Gasteiger partial charge in [-0.15, -0.1) is 5.10 Å². The van der Waals surface area contributed by atoms with Gasteiger partial charge >= 0.3 is 0 Å². The summed E-state index contributed by atoms with van der Waals surface area (Å²) in [6.07, 6.45) is 1.96. The van der Waals surface area contributed by atoms with E-state index in [9.17, 15) is 0 Å². The molecular weight excluding hydrogens is 216 g/mol. The summed E-state index contributed by atoms with van der Waals surface area (Å²) in [5.41, 5.74) is 3.11. The van der Waals surface area contributed by atoms with Gasteiger partial charge in [0.25, 0.3) is 0 Å². The van der Waals surface area contributed by atoms with E-state index in [1.807, 2.05) is 29.5 Å². The molecule has 0 fully saturated rings. The molecule has 0 spiro atoms. The van der Waals surface area contributed by atoms with E-state index >= 15 is 0 Å². The molecule has 2 aromatic heterocycles. The van der Waals surface area contributed by atoms with Crippen molar-refractivity contribution in [3.63, 3.8) is 0 Å². The number of nitrogens with one attached hydrogen (secondary N) is 1. The maximum Gasteiger partial charge on any atom is 0.0964 e. The number of aryl methyl sites for hydroxylation is 2. The lowest BCUT2D eigenvalue weighted by Gasteiger charge is -2.00. The fourth-order valence-corrected chi connectivity index (χ4v) is 1.73. The SMILES string of the molecule is CCNCc1cn(Cc2cc(C)nn2C)nn1. The van der Waals surface area contributed by atoms with Gasteiger partial charge in [-0.05, 0) is 19.5 Å². The zero-order valence-corrected chi connectivity index (χ0v) is 10.5. The topological polar surface area (TPSA) is 60.6 Å². The van der Waals surface area contributed by atoms with E-state index in [4.69, 9.17) is 0 Å². The van der Waals surface area contributed by atoms with Gasteiger partial charge in [-0.1, -0.05) is 12.1 Å².